The van der Waals surface area contributed by atoms with E-state index in [1.165, 1.54) is 12.1 Å². The van der Waals surface area contributed by atoms with Crippen LogP contribution in [-0.2, 0) is 19.6 Å². The van der Waals surface area contributed by atoms with Crippen LogP contribution in [0.25, 0.3) is 0 Å². The molecule has 3 aromatic rings. The minimum absolute atomic E-state index is 0.0823. The number of carbonyl (C=O) groups excluding carboxylic acids is 1. The summed E-state index contributed by atoms with van der Waals surface area (Å²) < 4.78 is 34.0. The van der Waals surface area contributed by atoms with E-state index in [9.17, 15) is 13.2 Å². The van der Waals surface area contributed by atoms with E-state index in [0.29, 0.717) is 0 Å². The van der Waals surface area contributed by atoms with Gasteiger partial charge in [-0.1, -0.05) is 66.2 Å². The number of para-hydroxylation sites is 1. The predicted octanol–water partition coefficient (Wildman–Crippen LogP) is 4.06. The van der Waals surface area contributed by atoms with Crippen molar-refractivity contribution in [1.29, 1.82) is 0 Å². The molecule has 0 bridgehead atoms. The first-order valence-electron chi connectivity index (χ1n) is 10.0. The second-order valence-electron chi connectivity index (χ2n) is 7.06. The summed E-state index contributed by atoms with van der Waals surface area (Å²) in [6, 6.07) is 23.1. The Labute approximate surface area is 183 Å². The van der Waals surface area contributed by atoms with E-state index in [1.807, 2.05) is 67.6 Å². The molecule has 2 atom stereocenters. The van der Waals surface area contributed by atoms with Gasteiger partial charge in [-0.3, -0.25) is 4.79 Å². The van der Waals surface area contributed by atoms with Crippen LogP contribution in [0, 0.1) is 6.92 Å². The summed E-state index contributed by atoms with van der Waals surface area (Å²) in [7, 11) is -3.98. The van der Waals surface area contributed by atoms with E-state index < -0.39 is 28.1 Å². The van der Waals surface area contributed by atoms with Gasteiger partial charge >= 0.3 is 5.97 Å². The first-order valence-corrected chi connectivity index (χ1v) is 11.5. The lowest BCUT2D eigenvalue weighted by molar-refractivity contribution is -0.145. The third-order valence-electron chi connectivity index (χ3n) is 4.74. The number of benzene rings is 3. The van der Waals surface area contributed by atoms with Crippen molar-refractivity contribution in [2.75, 3.05) is 11.9 Å². The van der Waals surface area contributed by atoms with E-state index in [0.717, 1.165) is 16.8 Å². The maximum atomic E-state index is 13.1. The predicted molar refractivity (Wildman–Crippen MR) is 121 cm³/mol. The summed E-state index contributed by atoms with van der Waals surface area (Å²) in [5, 5.41) is 3.29. The van der Waals surface area contributed by atoms with Gasteiger partial charge in [0.2, 0.25) is 10.0 Å². The fourth-order valence-electron chi connectivity index (χ4n) is 3.17. The highest BCUT2D eigenvalue weighted by Crippen LogP contribution is 2.25. The van der Waals surface area contributed by atoms with Crippen molar-refractivity contribution in [1.82, 2.24) is 4.72 Å². The molecule has 0 spiro atoms. The van der Waals surface area contributed by atoms with E-state index in [4.69, 9.17) is 4.74 Å². The van der Waals surface area contributed by atoms with Gasteiger partial charge in [0.05, 0.1) is 17.5 Å². The number of carbonyl (C=O) groups is 1. The molecule has 0 saturated heterocycles. The van der Waals surface area contributed by atoms with Crippen LogP contribution in [0.3, 0.4) is 0 Å². The smallest absolute Gasteiger partial charge is 0.326 e. The van der Waals surface area contributed by atoms with E-state index >= 15 is 0 Å². The molecule has 0 saturated carbocycles. The fourth-order valence-corrected chi connectivity index (χ4v) is 4.37. The van der Waals surface area contributed by atoms with Crippen LogP contribution >= 0.6 is 0 Å². The third kappa shape index (κ3) is 5.93. The molecule has 7 heteroatoms. The van der Waals surface area contributed by atoms with Crippen LogP contribution < -0.4 is 10.0 Å². The minimum atomic E-state index is -3.98. The molecule has 0 aliphatic rings. The van der Waals surface area contributed by atoms with Crippen molar-refractivity contribution in [3.63, 3.8) is 0 Å². The van der Waals surface area contributed by atoms with Gasteiger partial charge in [-0.05, 0) is 43.7 Å². The molecule has 0 aromatic heterocycles. The van der Waals surface area contributed by atoms with Gasteiger partial charge in [0.25, 0.3) is 0 Å². The summed E-state index contributed by atoms with van der Waals surface area (Å²) in [5.74, 6) is -0.657. The van der Waals surface area contributed by atoms with Crippen LogP contribution in [0.15, 0.2) is 89.8 Å². The lowest BCUT2D eigenvalue weighted by Crippen LogP contribution is -2.48. The third-order valence-corrected chi connectivity index (χ3v) is 6.20. The van der Waals surface area contributed by atoms with Gasteiger partial charge in [-0.25, -0.2) is 8.42 Å². The average molecular weight is 439 g/mol. The van der Waals surface area contributed by atoms with Gasteiger partial charge in [-0.2, -0.15) is 4.72 Å². The molecule has 3 aromatic carbocycles. The highest BCUT2D eigenvalue weighted by molar-refractivity contribution is 7.89. The Hall–Kier alpha value is -3.16. The quantitative estimate of drug-likeness (QED) is 0.492. The fraction of sp³-hybridized carbons (Fsp3) is 0.208. The van der Waals surface area contributed by atoms with E-state index in [2.05, 4.69) is 10.0 Å². The molecule has 0 radical (unpaired) electrons. The molecule has 0 amide bonds. The highest BCUT2D eigenvalue weighted by Gasteiger charge is 2.35. The van der Waals surface area contributed by atoms with Crippen molar-refractivity contribution in [3.05, 3.63) is 96.1 Å². The zero-order valence-corrected chi connectivity index (χ0v) is 18.3. The second kappa shape index (κ2) is 10.2. The topological polar surface area (TPSA) is 84.5 Å². The van der Waals surface area contributed by atoms with Crippen molar-refractivity contribution >= 4 is 21.7 Å². The molecular weight excluding hydrogens is 412 g/mol. The second-order valence-corrected chi connectivity index (χ2v) is 8.78. The van der Waals surface area contributed by atoms with Gasteiger partial charge in [0.15, 0.2) is 0 Å². The number of nitrogens with one attached hydrogen (secondary N) is 2. The summed E-state index contributed by atoms with van der Waals surface area (Å²) in [6.07, 6.45) is 0. The number of anilines is 1. The molecule has 3 rings (SSSR count). The lowest BCUT2D eigenvalue weighted by Gasteiger charge is -2.28. The zero-order chi connectivity index (χ0) is 22.3. The number of esters is 1. The Morgan fingerprint density at radius 1 is 0.903 bits per heavy atom. The summed E-state index contributed by atoms with van der Waals surface area (Å²) in [4.78, 5) is 13.0. The Kier molecular flexibility index (Phi) is 7.44. The monoisotopic (exact) mass is 438 g/mol. The Bertz CT molecular complexity index is 1090. The molecule has 31 heavy (non-hydrogen) atoms. The standard InChI is InChI=1S/C24H26N2O4S/c1-3-30-24(27)23(26-31(28,29)21-16-14-18(2)15-17-21)22(19-10-6-4-7-11-19)25-20-12-8-5-9-13-20/h4-17,22-23,25-26H,3H2,1-2H3/t22-,23+/m0/s1. The molecule has 6 nitrogen and oxygen atoms in total. The van der Waals surface area contributed by atoms with Crippen molar-refractivity contribution in [3.8, 4) is 0 Å². The molecule has 0 unspecified atom stereocenters. The van der Waals surface area contributed by atoms with Crippen molar-refractivity contribution in [2.24, 2.45) is 0 Å². The summed E-state index contributed by atoms with van der Waals surface area (Å²) in [6.45, 7) is 3.69. The number of hydrogen-bond acceptors (Lipinski definition) is 5. The summed E-state index contributed by atoms with van der Waals surface area (Å²) in [5.41, 5.74) is 2.44. The van der Waals surface area contributed by atoms with Gasteiger partial charge in [0.1, 0.15) is 6.04 Å². The van der Waals surface area contributed by atoms with Crippen LogP contribution in [0.4, 0.5) is 5.69 Å². The van der Waals surface area contributed by atoms with Gasteiger partial charge in [-0.15, -0.1) is 0 Å². The highest BCUT2D eigenvalue weighted by atomic mass is 32.2. The maximum absolute atomic E-state index is 13.1. The molecular formula is C24H26N2O4S. The SMILES string of the molecule is CCOC(=O)[C@H](NS(=O)(=O)c1ccc(C)cc1)[C@@H](Nc1ccccc1)c1ccccc1. The molecule has 0 fully saturated rings. The van der Waals surface area contributed by atoms with Crippen LogP contribution in [0.2, 0.25) is 0 Å². The minimum Gasteiger partial charge on any atom is -0.465 e. The molecule has 2 N–H and O–H groups in total. The summed E-state index contributed by atoms with van der Waals surface area (Å²) >= 11 is 0. The van der Waals surface area contributed by atoms with Gasteiger partial charge < -0.3 is 10.1 Å². The molecule has 162 valence electrons. The Morgan fingerprint density at radius 3 is 2.06 bits per heavy atom. The largest absolute Gasteiger partial charge is 0.465 e. The number of hydrogen-bond donors (Lipinski definition) is 2. The van der Waals surface area contributed by atoms with Crippen LogP contribution in [-0.4, -0.2) is 27.0 Å². The van der Waals surface area contributed by atoms with E-state index in [-0.39, 0.29) is 11.5 Å². The number of aryl methyl sites for hydroxylation is 1. The van der Waals surface area contributed by atoms with Crippen LogP contribution in [0.5, 0.6) is 0 Å². The molecule has 0 heterocycles. The number of ether oxygens (including phenoxy) is 1. The molecule has 0 aliphatic carbocycles. The first kappa shape index (κ1) is 22.5. The number of rotatable bonds is 9. The first-order chi connectivity index (χ1) is 14.9. The number of sulfonamides is 1. The Balaban J connectivity index is 2.02. The van der Waals surface area contributed by atoms with Crippen LogP contribution in [0.1, 0.15) is 24.1 Å². The zero-order valence-electron chi connectivity index (χ0n) is 17.5. The molecule has 0 aliphatic heterocycles. The lowest BCUT2D eigenvalue weighted by atomic mass is 9.99. The van der Waals surface area contributed by atoms with Crippen molar-refractivity contribution in [2.45, 2.75) is 30.8 Å². The van der Waals surface area contributed by atoms with E-state index in [1.54, 1.807) is 19.1 Å². The normalized spacial score (nSPS) is 13.2. The maximum Gasteiger partial charge on any atom is 0.326 e. The average Bonchev–Trinajstić information content (AvgIpc) is 2.78. The Morgan fingerprint density at radius 2 is 1.48 bits per heavy atom. The van der Waals surface area contributed by atoms with Crippen molar-refractivity contribution < 1.29 is 17.9 Å². The van der Waals surface area contributed by atoms with Gasteiger partial charge in [0, 0.05) is 5.69 Å².